The second kappa shape index (κ2) is 4.03. The van der Waals surface area contributed by atoms with Crippen LogP contribution in [-0.4, -0.2) is 11.7 Å². The van der Waals surface area contributed by atoms with E-state index in [-0.39, 0.29) is 5.41 Å². The van der Waals surface area contributed by atoms with Gasteiger partial charge in [-0.05, 0) is 48.4 Å². The molecule has 0 aliphatic heterocycles. The van der Waals surface area contributed by atoms with E-state index >= 15 is 0 Å². The van der Waals surface area contributed by atoms with Crippen LogP contribution < -0.4 is 4.74 Å². The molecule has 2 aromatic rings. The van der Waals surface area contributed by atoms with E-state index in [0.717, 1.165) is 5.75 Å². The van der Waals surface area contributed by atoms with E-state index in [2.05, 4.69) is 50.6 Å². The zero-order chi connectivity index (χ0) is 13.8. The van der Waals surface area contributed by atoms with Gasteiger partial charge < -0.3 is 9.30 Å². The fourth-order valence-electron chi connectivity index (χ4n) is 2.79. The highest BCUT2D eigenvalue weighted by molar-refractivity contribution is 5.91. The van der Waals surface area contributed by atoms with Crippen LogP contribution in [0.25, 0.3) is 10.9 Å². The fourth-order valence-corrected chi connectivity index (χ4v) is 2.79. The lowest BCUT2D eigenvalue weighted by Crippen LogP contribution is -2.11. The van der Waals surface area contributed by atoms with E-state index in [1.807, 2.05) is 0 Å². The molecular weight excluding hydrogens is 234 g/mol. The van der Waals surface area contributed by atoms with Gasteiger partial charge in [0, 0.05) is 17.6 Å². The van der Waals surface area contributed by atoms with Gasteiger partial charge in [0.05, 0.1) is 12.6 Å². The Morgan fingerprint density at radius 2 is 1.89 bits per heavy atom. The molecular formula is C17H23NO. The van der Waals surface area contributed by atoms with Gasteiger partial charge in [0.2, 0.25) is 0 Å². The van der Waals surface area contributed by atoms with Gasteiger partial charge in [-0.15, -0.1) is 0 Å². The van der Waals surface area contributed by atoms with Crippen molar-refractivity contribution in [1.82, 2.24) is 4.57 Å². The van der Waals surface area contributed by atoms with Crippen molar-refractivity contribution >= 4 is 10.9 Å². The van der Waals surface area contributed by atoms with Gasteiger partial charge in [-0.1, -0.05) is 20.8 Å². The lowest BCUT2D eigenvalue weighted by Gasteiger charge is -2.21. The maximum absolute atomic E-state index is 5.64. The zero-order valence-electron chi connectivity index (χ0n) is 12.6. The second-order valence-corrected chi connectivity index (χ2v) is 6.77. The highest BCUT2D eigenvalue weighted by Crippen LogP contribution is 2.42. The minimum Gasteiger partial charge on any atom is -0.496 e. The van der Waals surface area contributed by atoms with Crippen molar-refractivity contribution in [2.24, 2.45) is 0 Å². The summed E-state index contributed by atoms with van der Waals surface area (Å²) in [5, 5.41) is 1.28. The number of hydrogen-bond donors (Lipinski definition) is 0. The van der Waals surface area contributed by atoms with Crippen LogP contribution >= 0.6 is 0 Å². The average Bonchev–Trinajstić information content (AvgIpc) is 3.12. The molecule has 2 nitrogen and oxygen atoms in total. The maximum atomic E-state index is 5.64. The molecule has 1 aromatic heterocycles. The first-order chi connectivity index (χ1) is 8.91. The van der Waals surface area contributed by atoms with E-state index in [1.54, 1.807) is 7.11 Å². The van der Waals surface area contributed by atoms with Crippen LogP contribution in [0.1, 0.15) is 50.8 Å². The summed E-state index contributed by atoms with van der Waals surface area (Å²) >= 11 is 0. The number of ether oxygens (including phenoxy) is 1. The lowest BCUT2D eigenvalue weighted by molar-refractivity contribution is 0.417. The Labute approximate surface area is 115 Å². The van der Waals surface area contributed by atoms with Crippen molar-refractivity contribution in [3.8, 4) is 5.75 Å². The van der Waals surface area contributed by atoms with Crippen LogP contribution in [0.2, 0.25) is 0 Å². The minimum absolute atomic E-state index is 0.147. The van der Waals surface area contributed by atoms with E-state index in [1.165, 1.54) is 34.9 Å². The molecule has 19 heavy (non-hydrogen) atoms. The summed E-state index contributed by atoms with van der Waals surface area (Å²) in [5.41, 5.74) is 4.15. The summed E-state index contributed by atoms with van der Waals surface area (Å²) in [5.74, 6) is 1.01. The normalized spacial score (nSPS) is 16.1. The minimum atomic E-state index is 0.147. The number of rotatable bonds is 2. The van der Waals surface area contributed by atoms with Crippen molar-refractivity contribution in [1.29, 1.82) is 0 Å². The molecule has 0 unspecified atom stereocenters. The molecule has 102 valence electrons. The average molecular weight is 257 g/mol. The molecule has 1 aromatic carbocycles. The molecule has 0 bridgehead atoms. The van der Waals surface area contributed by atoms with E-state index in [0.29, 0.717) is 6.04 Å². The van der Waals surface area contributed by atoms with Gasteiger partial charge in [0.15, 0.2) is 0 Å². The van der Waals surface area contributed by atoms with Gasteiger partial charge in [-0.3, -0.25) is 0 Å². The van der Waals surface area contributed by atoms with Crippen LogP contribution in [0.3, 0.4) is 0 Å². The van der Waals surface area contributed by atoms with Crippen molar-refractivity contribution < 1.29 is 4.74 Å². The van der Waals surface area contributed by atoms with Crippen LogP contribution in [0, 0.1) is 6.92 Å². The van der Waals surface area contributed by atoms with Crippen molar-refractivity contribution in [3.05, 3.63) is 29.5 Å². The second-order valence-electron chi connectivity index (χ2n) is 6.77. The summed E-state index contributed by atoms with van der Waals surface area (Å²) in [6, 6.07) is 5.26. The molecule has 1 heterocycles. The zero-order valence-corrected chi connectivity index (χ0v) is 12.6. The first-order valence-electron chi connectivity index (χ1n) is 7.11. The highest BCUT2D eigenvalue weighted by Gasteiger charge is 2.27. The van der Waals surface area contributed by atoms with Crippen LogP contribution in [-0.2, 0) is 5.41 Å². The fraction of sp³-hybridized carbons (Fsp3) is 0.529. The third-order valence-corrected chi connectivity index (χ3v) is 4.11. The summed E-state index contributed by atoms with van der Waals surface area (Å²) < 4.78 is 8.09. The number of aryl methyl sites for hydroxylation is 1. The van der Waals surface area contributed by atoms with Gasteiger partial charge in [0.25, 0.3) is 0 Å². The number of aromatic nitrogens is 1. The quantitative estimate of drug-likeness (QED) is 0.767. The Morgan fingerprint density at radius 3 is 2.42 bits per heavy atom. The monoisotopic (exact) mass is 257 g/mol. The van der Waals surface area contributed by atoms with Gasteiger partial charge in [-0.2, -0.15) is 0 Å². The summed E-state index contributed by atoms with van der Waals surface area (Å²) in [6.45, 7) is 8.95. The molecule has 1 saturated carbocycles. The number of nitrogens with zero attached hydrogens (tertiary/aromatic N) is 1. The maximum Gasteiger partial charge on any atom is 0.128 e. The van der Waals surface area contributed by atoms with E-state index in [9.17, 15) is 0 Å². The SMILES string of the molecule is COc1cc(C(C)(C)C)cc2c1c(C)cn2C1CC1. The Hall–Kier alpha value is -1.44. The Balaban J connectivity index is 2.31. The molecule has 0 atom stereocenters. The highest BCUT2D eigenvalue weighted by atomic mass is 16.5. The van der Waals surface area contributed by atoms with E-state index in [4.69, 9.17) is 4.74 Å². The molecule has 0 saturated heterocycles. The first-order valence-corrected chi connectivity index (χ1v) is 7.11. The molecule has 1 fully saturated rings. The molecule has 1 aliphatic carbocycles. The summed E-state index contributed by atoms with van der Waals surface area (Å²) in [4.78, 5) is 0. The molecule has 2 heteroatoms. The summed E-state index contributed by atoms with van der Waals surface area (Å²) in [7, 11) is 1.77. The third-order valence-electron chi connectivity index (χ3n) is 4.11. The van der Waals surface area contributed by atoms with Gasteiger partial charge in [0.1, 0.15) is 5.75 Å². The van der Waals surface area contributed by atoms with Crippen molar-refractivity contribution in [2.45, 2.75) is 52.0 Å². The predicted octanol–water partition coefficient (Wildman–Crippen LogP) is 4.59. The predicted molar refractivity (Wildman–Crippen MR) is 80.2 cm³/mol. The Kier molecular flexibility index (Phi) is 2.67. The number of hydrogen-bond acceptors (Lipinski definition) is 1. The summed E-state index contributed by atoms with van der Waals surface area (Å²) in [6.07, 6.45) is 4.91. The van der Waals surface area contributed by atoms with Gasteiger partial charge >= 0.3 is 0 Å². The molecule has 0 spiro atoms. The Morgan fingerprint density at radius 1 is 1.21 bits per heavy atom. The van der Waals surface area contributed by atoms with Crippen LogP contribution in [0.4, 0.5) is 0 Å². The topological polar surface area (TPSA) is 14.2 Å². The van der Waals surface area contributed by atoms with Crippen molar-refractivity contribution in [2.75, 3.05) is 7.11 Å². The molecule has 0 N–H and O–H groups in total. The lowest BCUT2D eigenvalue weighted by atomic mass is 9.86. The van der Waals surface area contributed by atoms with Gasteiger partial charge in [-0.25, -0.2) is 0 Å². The number of benzene rings is 1. The standard InChI is InChI=1S/C17H23NO/c1-11-10-18(13-6-7-13)14-8-12(17(2,3)4)9-15(19-5)16(11)14/h8-10,13H,6-7H2,1-5H3. The molecule has 1 aliphatic rings. The third kappa shape index (κ3) is 2.03. The number of methoxy groups -OCH3 is 1. The first kappa shape index (κ1) is 12.6. The molecule has 3 rings (SSSR count). The molecule has 0 radical (unpaired) electrons. The largest absolute Gasteiger partial charge is 0.496 e. The Bertz CT molecular complexity index is 627. The van der Waals surface area contributed by atoms with E-state index < -0.39 is 0 Å². The smallest absolute Gasteiger partial charge is 0.128 e. The number of fused-ring (bicyclic) bond motifs is 1. The van der Waals surface area contributed by atoms with Crippen LogP contribution in [0.15, 0.2) is 18.3 Å². The van der Waals surface area contributed by atoms with Crippen LogP contribution in [0.5, 0.6) is 5.75 Å². The van der Waals surface area contributed by atoms with Crippen molar-refractivity contribution in [3.63, 3.8) is 0 Å². The molecule has 0 amide bonds.